The number of pyridine rings is 1. The quantitative estimate of drug-likeness (QED) is 0.673. The van der Waals surface area contributed by atoms with Gasteiger partial charge >= 0.3 is 0 Å². The van der Waals surface area contributed by atoms with Crippen LogP contribution in [0.3, 0.4) is 0 Å². The third-order valence-electron chi connectivity index (χ3n) is 1.63. The molecule has 4 heteroatoms. The molecule has 0 aliphatic carbocycles. The lowest BCUT2D eigenvalue weighted by Gasteiger charge is -2.07. The van der Waals surface area contributed by atoms with Crippen molar-refractivity contribution < 1.29 is 0 Å². The molecule has 0 aromatic carbocycles. The molecule has 0 atom stereocenters. The summed E-state index contributed by atoms with van der Waals surface area (Å²) >= 11 is 11.5. The van der Waals surface area contributed by atoms with Crippen LogP contribution in [0.4, 0.5) is 0 Å². The molecular formula is C9H8Cl2N2. The average Bonchev–Trinajstić information content (AvgIpc) is 2.08. The van der Waals surface area contributed by atoms with Crippen molar-refractivity contribution >= 4 is 23.2 Å². The van der Waals surface area contributed by atoms with E-state index in [1.165, 1.54) is 0 Å². The third-order valence-corrected chi connectivity index (χ3v) is 2.30. The SMILES string of the molecule is CC(C)c1nc(Cl)c(Cl)cc1C#N. The topological polar surface area (TPSA) is 36.7 Å². The zero-order valence-corrected chi connectivity index (χ0v) is 8.82. The van der Waals surface area contributed by atoms with Gasteiger partial charge in [0.2, 0.25) is 0 Å². The first-order chi connectivity index (χ1) is 6.06. The van der Waals surface area contributed by atoms with E-state index in [0.717, 1.165) is 0 Å². The van der Waals surface area contributed by atoms with E-state index in [0.29, 0.717) is 16.3 Å². The number of rotatable bonds is 1. The van der Waals surface area contributed by atoms with Crippen LogP contribution in [-0.4, -0.2) is 4.98 Å². The van der Waals surface area contributed by atoms with E-state index in [2.05, 4.69) is 4.98 Å². The van der Waals surface area contributed by atoms with Crippen molar-refractivity contribution in [1.82, 2.24) is 4.98 Å². The summed E-state index contributed by atoms with van der Waals surface area (Å²) in [6.07, 6.45) is 0. The first-order valence-corrected chi connectivity index (χ1v) is 4.58. The minimum absolute atomic E-state index is 0.171. The molecule has 2 nitrogen and oxygen atoms in total. The monoisotopic (exact) mass is 214 g/mol. The molecule has 0 aliphatic heterocycles. The van der Waals surface area contributed by atoms with E-state index in [-0.39, 0.29) is 11.1 Å². The van der Waals surface area contributed by atoms with Crippen molar-refractivity contribution in [3.63, 3.8) is 0 Å². The molecule has 0 N–H and O–H groups in total. The molecule has 0 saturated carbocycles. The Balaban J connectivity index is 3.35. The third kappa shape index (κ3) is 2.12. The lowest BCUT2D eigenvalue weighted by molar-refractivity contribution is 0.818. The molecule has 1 aromatic heterocycles. The second-order valence-electron chi connectivity index (χ2n) is 2.96. The Morgan fingerprint density at radius 3 is 2.54 bits per heavy atom. The summed E-state index contributed by atoms with van der Waals surface area (Å²) < 4.78 is 0. The lowest BCUT2D eigenvalue weighted by atomic mass is 10.1. The van der Waals surface area contributed by atoms with Gasteiger partial charge < -0.3 is 0 Å². The van der Waals surface area contributed by atoms with Gasteiger partial charge in [0.1, 0.15) is 11.2 Å². The summed E-state index contributed by atoms with van der Waals surface area (Å²) in [4.78, 5) is 4.05. The first kappa shape index (κ1) is 10.3. The van der Waals surface area contributed by atoms with E-state index in [1.807, 2.05) is 19.9 Å². The molecule has 0 amide bonds. The van der Waals surface area contributed by atoms with Crippen molar-refractivity contribution in [1.29, 1.82) is 5.26 Å². The number of hydrogen-bond donors (Lipinski definition) is 0. The maximum atomic E-state index is 8.79. The van der Waals surface area contributed by atoms with Gasteiger partial charge in [-0.3, -0.25) is 0 Å². The molecule has 0 fully saturated rings. The van der Waals surface area contributed by atoms with E-state index < -0.39 is 0 Å². The van der Waals surface area contributed by atoms with E-state index in [1.54, 1.807) is 6.07 Å². The predicted octanol–water partition coefficient (Wildman–Crippen LogP) is 3.38. The molecule has 0 spiro atoms. The summed E-state index contributed by atoms with van der Waals surface area (Å²) in [5.41, 5.74) is 1.18. The molecule has 68 valence electrons. The van der Waals surface area contributed by atoms with Crippen molar-refractivity contribution in [3.8, 4) is 6.07 Å². The molecule has 0 aliphatic rings. The number of hydrogen-bond acceptors (Lipinski definition) is 2. The zero-order valence-electron chi connectivity index (χ0n) is 7.31. The van der Waals surface area contributed by atoms with Gasteiger partial charge in [-0.1, -0.05) is 37.0 Å². The highest BCUT2D eigenvalue weighted by atomic mass is 35.5. The molecule has 0 bridgehead atoms. The van der Waals surface area contributed by atoms with Crippen LogP contribution >= 0.6 is 23.2 Å². The fourth-order valence-electron chi connectivity index (χ4n) is 1.01. The van der Waals surface area contributed by atoms with Gasteiger partial charge in [-0.2, -0.15) is 5.26 Å². The van der Waals surface area contributed by atoms with Crippen LogP contribution in [0.2, 0.25) is 10.2 Å². The Bertz CT molecular complexity index is 367. The highest BCUT2D eigenvalue weighted by Crippen LogP contribution is 2.25. The van der Waals surface area contributed by atoms with Crippen LogP contribution in [-0.2, 0) is 0 Å². The summed E-state index contributed by atoms with van der Waals surface area (Å²) in [6, 6.07) is 3.59. The van der Waals surface area contributed by atoms with Crippen LogP contribution in [0.25, 0.3) is 0 Å². The van der Waals surface area contributed by atoms with E-state index >= 15 is 0 Å². The Kier molecular flexibility index (Phi) is 3.13. The Morgan fingerprint density at radius 1 is 1.46 bits per heavy atom. The number of nitrogens with zero attached hydrogens (tertiary/aromatic N) is 2. The largest absolute Gasteiger partial charge is 0.238 e. The zero-order chi connectivity index (χ0) is 10.0. The Hall–Kier alpha value is -0.780. The van der Waals surface area contributed by atoms with Gasteiger partial charge in [-0.15, -0.1) is 0 Å². The van der Waals surface area contributed by atoms with Crippen LogP contribution in [0.15, 0.2) is 6.07 Å². The normalized spacial score (nSPS) is 10.2. The van der Waals surface area contributed by atoms with Crippen LogP contribution in [0.1, 0.15) is 31.0 Å². The molecule has 13 heavy (non-hydrogen) atoms. The van der Waals surface area contributed by atoms with Crippen LogP contribution in [0, 0.1) is 11.3 Å². The summed E-state index contributed by atoms with van der Waals surface area (Å²) in [5.74, 6) is 0.171. The Morgan fingerprint density at radius 2 is 2.08 bits per heavy atom. The highest BCUT2D eigenvalue weighted by Gasteiger charge is 2.11. The fourth-order valence-corrected chi connectivity index (χ4v) is 1.31. The van der Waals surface area contributed by atoms with Crippen molar-refractivity contribution in [3.05, 3.63) is 27.5 Å². The van der Waals surface area contributed by atoms with Gasteiger partial charge in [0.15, 0.2) is 0 Å². The molecular weight excluding hydrogens is 207 g/mol. The van der Waals surface area contributed by atoms with E-state index in [4.69, 9.17) is 28.5 Å². The van der Waals surface area contributed by atoms with Crippen LogP contribution in [0.5, 0.6) is 0 Å². The second-order valence-corrected chi connectivity index (χ2v) is 3.73. The average molecular weight is 215 g/mol. The highest BCUT2D eigenvalue weighted by molar-refractivity contribution is 6.41. The smallest absolute Gasteiger partial charge is 0.148 e. The molecule has 0 saturated heterocycles. The lowest BCUT2D eigenvalue weighted by Crippen LogP contribution is -1.97. The molecule has 1 aromatic rings. The molecule has 1 heterocycles. The van der Waals surface area contributed by atoms with Gasteiger partial charge in [0.25, 0.3) is 0 Å². The molecule has 0 unspecified atom stereocenters. The number of aromatic nitrogens is 1. The first-order valence-electron chi connectivity index (χ1n) is 3.82. The van der Waals surface area contributed by atoms with Gasteiger partial charge in [-0.25, -0.2) is 4.98 Å². The van der Waals surface area contributed by atoms with Gasteiger partial charge in [-0.05, 0) is 12.0 Å². The summed E-state index contributed by atoms with van der Waals surface area (Å²) in [5, 5.41) is 9.37. The maximum Gasteiger partial charge on any atom is 0.148 e. The maximum absolute atomic E-state index is 8.79. The van der Waals surface area contributed by atoms with Crippen molar-refractivity contribution in [2.45, 2.75) is 19.8 Å². The Labute approximate surface area is 87.1 Å². The van der Waals surface area contributed by atoms with Crippen molar-refractivity contribution in [2.24, 2.45) is 0 Å². The van der Waals surface area contributed by atoms with Gasteiger partial charge in [0, 0.05) is 0 Å². The van der Waals surface area contributed by atoms with Gasteiger partial charge in [0.05, 0.1) is 16.3 Å². The number of nitriles is 1. The minimum Gasteiger partial charge on any atom is -0.238 e. The van der Waals surface area contributed by atoms with E-state index in [9.17, 15) is 0 Å². The summed E-state index contributed by atoms with van der Waals surface area (Å²) in [7, 11) is 0. The summed E-state index contributed by atoms with van der Waals surface area (Å²) in [6.45, 7) is 3.90. The number of halogens is 2. The fraction of sp³-hybridized carbons (Fsp3) is 0.333. The predicted molar refractivity (Wildman–Crippen MR) is 53.1 cm³/mol. The molecule has 0 radical (unpaired) electrons. The van der Waals surface area contributed by atoms with Crippen LogP contribution < -0.4 is 0 Å². The minimum atomic E-state index is 0.171. The van der Waals surface area contributed by atoms with Crippen molar-refractivity contribution in [2.75, 3.05) is 0 Å². The standard InChI is InChI=1S/C9H8Cl2N2/c1-5(2)8-6(4-12)3-7(10)9(11)13-8/h3,5H,1-2H3. The molecule has 1 rings (SSSR count). The second kappa shape index (κ2) is 3.95.